The van der Waals surface area contributed by atoms with Crippen molar-refractivity contribution in [3.63, 3.8) is 0 Å². The second kappa shape index (κ2) is 5.37. The van der Waals surface area contributed by atoms with Gasteiger partial charge in [-0.1, -0.05) is 18.2 Å². The summed E-state index contributed by atoms with van der Waals surface area (Å²) in [5.74, 6) is -0.800. The van der Waals surface area contributed by atoms with Crippen molar-refractivity contribution < 1.29 is 9.90 Å². The fourth-order valence-corrected chi connectivity index (χ4v) is 2.38. The van der Waals surface area contributed by atoms with E-state index < -0.39 is 5.91 Å². The minimum Gasteiger partial charge on any atom is -0.507 e. The number of fused-ring (bicyclic) bond motifs is 1. The number of pyridine rings is 1. The van der Waals surface area contributed by atoms with Crippen LogP contribution in [0, 0.1) is 6.92 Å². The van der Waals surface area contributed by atoms with Crippen LogP contribution < -0.4 is 11.1 Å². The Bertz CT molecular complexity index is 875. The summed E-state index contributed by atoms with van der Waals surface area (Å²) in [7, 11) is 0. The average Bonchev–Trinajstić information content (AvgIpc) is 2.48. The standard InChI is InChI=1S/C17H15N3O2/c1-10-8-15(12-4-2-3-5-14(12)19-10)20-11-6-7-16(21)13(9-11)17(18)22/h2-9,21H,1H3,(H2,18,22)(H,19,20). The fourth-order valence-electron chi connectivity index (χ4n) is 2.38. The summed E-state index contributed by atoms with van der Waals surface area (Å²) in [5.41, 5.74) is 8.66. The predicted molar refractivity (Wildman–Crippen MR) is 86.4 cm³/mol. The lowest BCUT2D eigenvalue weighted by atomic mass is 10.1. The normalized spacial score (nSPS) is 10.6. The van der Waals surface area contributed by atoms with E-state index in [4.69, 9.17) is 5.73 Å². The zero-order chi connectivity index (χ0) is 15.7. The molecule has 4 N–H and O–H groups in total. The van der Waals surface area contributed by atoms with Gasteiger partial charge < -0.3 is 16.2 Å². The highest BCUT2D eigenvalue weighted by Crippen LogP contribution is 2.28. The minimum atomic E-state index is -0.670. The molecule has 0 spiro atoms. The summed E-state index contributed by atoms with van der Waals surface area (Å²) in [5, 5.41) is 13.9. The average molecular weight is 293 g/mol. The number of anilines is 2. The van der Waals surface area contributed by atoms with Crippen molar-refractivity contribution in [2.45, 2.75) is 6.92 Å². The van der Waals surface area contributed by atoms with Gasteiger partial charge in [-0.15, -0.1) is 0 Å². The predicted octanol–water partition coefficient (Wildman–Crippen LogP) is 3.09. The molecule has 5 heteroatoms. The molecule has 0 saturated heterocycles. The summed E-state index contributed by atoms with van der Waals surface area (Å²) >= 11 is 0. The number of carbonyl (C=O) groups excluding carboxylic acids is 1. The first-order valence-corrected chi connectivity index (χ1v) is 6.81. The Kier molecular flexibility index (Phi) is 3.39. The molecule has 0 bridgehead atoms. The largest absolute Gasteiger partial charge is 0.507 e. The Morgan fingerprint density at radius 3 is 2.73 bits per heavy atom. The number of hydrogen-bond acceptors (Lipinski definition) is 4. The number of aryl methyl sites for hydroxylation is 1. The van der Waals surface area contributed by atoms with Crippen molar-refractivity contribution in [1.29, 1.82) is 0 Å². The molecular formula is C17H15N3O2. The topological polar surface area (TPSA) is 88.2 Å². The number of primary amides is 1. The smallest absolute Gasteiger partial charge is 0.252 e. The molecule has 3 aromatic rings. The van der Waals surface area contributed by atoms with Gasteiger partial charge >= 0.3 is 0 Å². The van der Waals surface area contributed by atoms with Gasteiger partial charge in [0.1, 0.15) is 5.75 Å². The van der Waals surface area contributed by atoms with E-state index in [1.165, 1.54) is 12.1 Å². The molecule has 0 radical (unpaired) electrons. The highest BCUT2D eigenvalue weighted by Gasteiger charge is 2.10. The van der Waals surface area contributed by atoms with Crippen molar-refractivity contribution >= 4 is 28.2 Å². The van der Waals surface area contributed by atoms with Crippen LogP contribution in [0.25, 0.3) is 10.9 Å². The summed E-state index contributed by atoms with van der Waals surface area (Å²) in [4.78, 5) is 15.8. The first-order valence-electron chi connectivity index (χ1n) is 6.81. The van der Waals surface area contributed by atoms with Crippen molar-refractivity contribution in [3.8, 4) is 5.75 Å². The third kappa shape index (κ3) is 2.56. The molecule has 0 unspecified atom stereocenters. The number of aromatic hydroxyl groups is 1. The van der Waals surface area contributed by atoms with Crippen molar-refractivity contribution in [2.75, 3.05) is 5.32 Å². The van der Waals surface area contributed by atoms with Crippen LogP contribution in [0.2, 0.25) is 0 Å². The molecule has 0 aliphatic carbocycles. The van der Waals surface area contributed by atoms with E-state index >= 15 is 0 Å². The van der Waals surface area contributed by atoms with E-state index in [9.17, 15) is 9.90 Å². The fraction of sp³-hybridized carbons (Fsp3) is 0.0588. The maximum Gasteiger partial charge on any atom is 0.252 e. The molecule has 1 heterocycles. The number of rotatable bonds is 3. The molecule has 1 amide bonds. The van der Waals surface area contributed by atoms with Gasteiger partial charge in [-0.2, -0.15) is 0 Å². The van der Waals surface area contributed by atoms with E-state index in [0.717, 1.165) is 22.3 Å². The number of nitrogens with zero attached hydrogens (tertiary/aromatic N) is 1. The molecule has 1 aromatic heterocycles. The van der Waals surface area contributed by atoms with Gasteiger partial charge in [0.25, 0.3) is 5.91 Å². The number of para-hydroxylation sites is 1. The SMILES string of the molecule is Cc1cc(Nc2ccc(O)c(C(N)=O)c2)c2ccccc2n1. The number of nitrogens with two attached hydrogens (primary N) is 1. The van der Waals surface area contributed by atoms with Crippen LogP contribution in [0.4, 0.5) is 11.4 Å². The second-order valence-corrected chi connectivity index (χ2v) is 5.05. The Labute approximate surface area is 127 Å². The van der Waals surface area contributed by atoms with Crippen LogP contribution in [-0.4, -0.2) is 16.0 Å². The maximum absolute atomic E-state index is 11.3. The van der Waals surface area contributed by atoms with Crippen molar-refractivity contribution in [3.05, 3.63) is 59.8 Å². The molecule has 5 nitrogen and oxygen atoms in total. The number of hydrogen-bond donors (Lipinski definition) is 3. The number of phenols is 1. The van der Waals surface area contributed by atoms with Crippen LogP contribution in [0.5, 0.6) is 5.75 Å². The second-order valence-electron chi connectivity index (χ2n) is 5.05. The van der Waals surface area contributed by atoms with Crippen LogP contribution >= 0.6 is 0 Å². The van der Waals surface area contributed by atoms with Gasteiger partial charge in [-0.3, -0.25) is 9.78 Å². The molecule has 0 atom stereocenters. The molecule has 0 aliphatic rings. The van der Waals surface area contributed by atoms with Crippen molar-refractivity contribution in [1.82, 2.24) is 4.98 Å². The summed E-state index contributed by atoms with van der Waals surface area (Å²) in [6.45, 7) is 1.92. The lowest BCUT2D eigenvalue weighted by molar-refractivity contribution is 0.0998. The van der Waals surface area contributed by atoms with Crippen LogP contribution in [0.15, 0.2) is 48.5 Å². The van der Waals surface area contributed by atoms with E-state index in [1.54, 1.807) is 6.07 Å². The van der Waals surface area contributed by atoms with Gasteiger partial charge in [-0.05, 0) is 37.3 Å². The molecule has 3 rings (SSSR count). The molecule has 0 aliphatic heterocycles. The summed E-state index contributed by atoms with van der Waals surface area (Å²) < 4.78 is 0. The van der Waals surface area contributed by atoms with Crippen molar-refractivity contribution in [2.24, 2.45) is 5.73 Å². The first-order chi connectivity index (χ1) is 10.5. The Morgan fingerprint density at radius 1 is 1.18 bits per heavy atom. The zero-order valence-corrected chi connectivity index (χ0v) is 12.0. The van der Waals surface area contributed by atoms with Gasteiger partial charge in [0.05, 0.1) is 11.1 Å². The number of carbonyl (C=O) groups is 1. The molecule has 0 fully saturated rings. The number of benzene rings is 2. The van der Waals surface area contributed by atoms with E-state index in [1.807, 2.05) is 37.3 Å². The van der Waals surface area contributed by atoms with Gasteiger partial charge in [0.15, 0.2) is 0 Å². The number of amides is 1. The summed E-state index contributed by atoms with van der Waals surface area (Å²) in [6, 6.07) is 14.4. The Balaban J connectivity index is 2.07. The van der Waals surface area contributed by atoms with E-state index in [0.29, 0.717) is 5.69 Å². The van der Waals surface area contributed by atoms with Gasteiger partial charge in [-0.25, -0.2) is 0 Å². The lowest BCUT2D eigenvalue weighted by Gasteiger charge is -2.12. The van der Waals surface area contributed by atoms with Gasteiger partial charge in [0.2, 0.25) is 0 Å². The summed E-state index contributed by atoms with van der Waals surface area (Å²) in [6.07, 6.45) is 0. The Morgan fingerprint density at radius 2 is 1.95 bits per heavy atom. The zero-order valence-electron chi connectivity index (χ0n) is 12.0. The minimum absolute atomic E-state index is 0.0834. The van der Waals surface area contributed by atoms with E-state index in [-0.39, 0.29) is 11.3 Å². The van der Waals surface area contributed by atoms with Crippen LogP contribution in [0.3, 0.4) is 0 Å². The molecule has 0 saturated carbocycles. The maximum atomic E-state index is 11.3. The number of nitrogens with one attached hydrogen (secondary N) is 1. The van der Waals surface area contributed by atoms with Crippen LogP contribution in [0.1, 0.15) is 16.1 Å². The number of aromatic nitrogens is 1. The highest BCUT2D eigenvalue weighted by molar-refractivity contribution is 5.98. The lowest BCUT2D eigenvalue weighted by Crippen LogP contribution is -2.11. The molecule has 110 valence electrons. The van der Waals surface area contributed by atoms with E-state index in [2.05, 4.69) is 10.3 Å². The molecule has 22 heavy (non-hydrogen) atoms. The van der Waals surface area contributed by atoms with Gasteiger partial charge in [0, 0.05) is 22.5 Å². The Hall–Kier alpha value is -3.08. The molecular weight excluding hydrogens is 278 g/mol. The highest BCUT2D eigenvalue weighted by atomic mass is 16.3. The first kappa shape index (κ1) is 13.9. The van der Waals surface area contributed by atoms with Crippen LogP contribution in [-0.2, 0) is 0 Å². The monoisotopic (exact) mass is 293 g/mol. The third-order valence-corrected chi connectivity index (χ3v) is 3.39. The quantitative estimate of drug-likeness (QED) is 0.647. The molecule has 2 aromatic carbocycles. The third-order valence-electron chi connectivity index (χ3n) is 3.39.